The van der Waals surface area contributed by atoms with Crippen molar-refractivity contribution in [1.82, 2.24) is 0 Å². The number of ether oxygens (including phenoxy) is 1. The van der Waals surface area contributed by atoms with Crippen LogP contribution in [0.2, 0.25) is 0 Å². The zero-order valence-electron chi connectivity index (χ0n) is 9.22. The third kappa shape index (κ3) is 5.72. The lowest BCUT2D eigenvalue weighted by Crippen LogP contribution is -2.17. The molecule has 0 N–H and O–H groups in total. The highest BCUT2D eigenvalue weighted by molar-refractivity contribution is 9.09. The molecule has 4 heteroatoms. The van der Waals surface area contributed by atoms with Gasteiger partial charge in [-0.2, -0.15) is 0 Å². The van der Waals surface area contributed by atoms with Crippen molar-refractivity contribution in [3.05, 3.63) is 11.6 Å². The highest BCUT2D eigenvalue weighted by Gasteiger charge is 2.17. The van der Waals surface area contributed by atoms with Crippen molar-refractivity contribution in [2.45, 2.75) is 33.1 Å². The molecule has 86 valence electrons. The zero-order valence-corrected chi connectivity index (χ0v) is 10.8. The van der Waals surface area contributed by atoms with Gasteiger partial charge in [0, 0.05) is 0 Å². The van der Waals surface area contributed by atoms with Crippen LogP contribution in [0.4, 0.5) is 0 Å². The van der Waals surface area contributed by atoms with Gasteiger partial charge in [0.2, 0.25) is 0 Å². The van der Waals surface area contributed by atoms with Gasteiger partial charge in [-0.15, -0.1) is 0 Å². The Hall–Kier alpha value is -0.640. The second-order valence-electron chi connectivity index (χ2n) is 3.07. The van der Waals surface area contributed by atoms with E-state index in [9.17, 15) is 9.59 Å². The van der Waals surface area contributed by atoms with Crippen LogP contribution in [0.15, 0.2) is 11.6 Å². The third-order valence-corrected chi connectivity index (χ3v) is 2.29. The van der Waals surface area contributed by atoms with E-state index in [-0.39, 0.29) is 16.7 Å². The van der Waals surface area contributed by atoms with Gasteiger partial charge in [-0.25, -0.2) is 4.79 Å². The third-order valence-electron chi connectivity index (χ3n) is 1.78. The van der Waals surface area contributed by atoms with Gasteiger partial charge in [0.15, 0.2) is 5.78 Å². The summed E-state index contributed by atoms with van der Waals surface area (Å²) in [6.07, 6.45) is 4.05. The van der Waals surface area contributed by atoms with Gasteiger partial charge in [-0.3, -0.25) is 4.79 Å². The summed E-state index contributed by atoms with van der Waals surface area (Å²) >= 11 is 3.04. The lowest BCUT2D eigenvalue weighted by atomic mass is 10.1. The minimum Gasteiger partial charge on any atom is -0.462 e. The predicted molar refractivity (Wildman–Crippen MR) is 63.0 cm³/mol. The van der Waals surface area contributed by atoms with Gasteiger partial charge in [-0.05, 0) is 12.8 Å². The quantitative estimate of drug-likeness (QED) is 0.179. The molecule has 0 saturated heterocycles. The molecular weight excluding hydrogens is 260 g/mol. The van der Waals surface area contributed by atoms with E-state index in [1.54, 1.807) is 6.08 Å². The molecule has 0 amide bonds. The average molecular weight is 277 g/mol. The smallest absolute Gasteiger partial charge is 0.341 e. The number of rotatable bonds is 7. The molecule has 0 fully saturated rings. The Morgan fingerprint density at radius 3 is 2.47 bits per heavy atom. The van der Waals surface area contributed by atoms with Gasteiger partial charge >= 0.3 is 5.97 Å². The number of alkyl halides is 1. The van der Waals surface area contributed by atoms with E-state index in [0.717, 1.165) is 12.8 Å². The SMILES string of the molecule is CC/C=C(/C(=O)CBr)C(=O)OCCCC. The number of hydrogen-bond acceptors (Lipinski definition) is 3. The van der Waals surface area contributed by atoms with E-state index in [0.29, 0.717) is 13.0 Å². The maximum Gasteiger partial charge on any atom is 0.341 e. The van der Waals surface area contributed by atoms with Crippen LogP contribution in [0.3, 0.4) is 0 Å². The summed E-state index contributed by atoms with van der Waals surface area (Å²) in [6, 6.07) is 0. The Morgan fingerprint density at radius 2 is 2.00 bits per heavy atom. The van der Waals surface area contributed by atoms with Crippen LogP contribution in [0, 0.1) is 0 Å². The van der Waals surface area contributed by atoms with Crippen LogP contribution in [0.25, 0.3) is 0 Å². The van der Waals surface area contributed by atoms with Crippen LogP contribution in [0.1, 0.15) is 33.1 Å². The fourth-order valence-electron chi connectivity index (χ4n) is 0.974. The summed E-state index contributed by atoms with van der Waals surface area (Å²) in [5.41, 5.74) is 0.158. The second-order valence-corrected chi connectivity index (χ2v) is 3.63. The molecule has 0 heterocycles. The molecule has 0 atom stereocenters. The van der Waals surface area contributed by atoms with Crippen molar-refractivity contribution in [1.29, 1.82) is 0 Å². The van der Waals surface area contributed by atoms with Crippen LogP contribution in [-0.2, 0) is 14.3 Å². The van der Waals surface area contributed by atoms with Gasteiger partial charge in [0.1, 0.15) is 0 Å². The topological polar surface area (TPSA) is 43.4 Å². The Bertz CT molecular complexity index is 246. The number of hydrogen-bond donors (Lipinski definition) is 0. The first-order valence-corrected chi connectivity index (χ1v) is 6.25. The van der Waals surface area contributed by atoms with Gasteiger partial charge < -0.3 is 4.74 Å². The maximum atomic E-state index is 11.5. The molecule has 0 saturated carbocycles. The summed E-state index contributed by atoms with van der Waals surface area (Å²) in [6.45, 7) is 4.27. The highest BCUT2D eigenvalue weighted by atomic mass is 79.9. The van der Waals surface area contributed by atoms with Crippen LogP contribution >= 0.6 is 15.9 Å². The fraction of sp³-hybridized carbons (Fsp3) is 0.636. The summed E-state index contributed by atoms with van der Waals surface area (Å²) < 4.78 is 4.97. The van der Waals surface area contributed by atoms with Crippen molar-refractivity contribution >= 4 is 27.7 Å². The Labute approximate surface area is 99.0 Å². The molecule has 0 aliphatic carbocycles. The summed E-state index contributed by atoms with van der Waals surface area (Å²) in [4.78, 5) is 22.8. The second kappa shape index (κ2) is 8.65. The number of esters is 1. The molecule has 0 rings (SSSR count). The number of Topliss-reactive ketones (excluding diaryl/α,β-unsaturated/α-hetero) is 1. The molecule has 15 heavy (non-hydrogen) atoms. The molecule has 0 aliphatic rings. The highest BCUT2D eigenvalue weighted by Crippen LogP contribution is 2.05. The van der Waals surface area contributed by atoms with E-state index in [2.05, 4.69) is 15.9 Å². The minimum atomic E-state index is -0.505. The summed E-state index contributed by atoms with van der Waals surface area (Å²) in [5.74, 6) is -0.729. The van der Waals surface area contributed by atoms with Gasteiger partial charge in [-0.1, -0.05) is 42.3 Å². The van der Waals surface area contributed by atoms with E-state index in [1.807, 2.05) is 13.8 Å². The molecule has 0 bridgehead atoms. The first kappa shape index (κ1) is 14.4. The van der Waals surface area contributed by atoms with Crippen molar-refractivity contribution < 1.29 is 14.3 Å². The maximum absolute atomic E-state index is 11.5. The summed E-state index contributed by atoms with van der Waals surface area (Å²) in [7, 11) is 0. The lowest BCUT2D eigenvalue weighted by molar-refractivity contribution is -0.140. The van der Waals surface area contributed by atoms with E-state index >= 15 is 0 Å². The molecule has 0 aromatic heterocycles. The Balaban J connectivity index is 4.31. The molecular formula is C11H17BrO3. The average Bonchev–Trinajstić information content (AvgIpc) is 2.25. The zero-order chi connectivity index (χ0) is 11.7. The number of allylic oxidation sites excluding steroid dienone is 1. The van der Waals surface area contributed by atoms with Crippen molar-refractivity contribution in [3.63, 3.8) is 0 Å². The largest absolute Gasteiger partial charge is 0.462 e. The lowest BCUT2D eigenvalue weighted by Gasteiger charge is -2.05. The summed E-state index contributed by atoms with van der Waals surface area (Å²) in [5, 5.41) is 0.154. The number of ketones is 1. The van der Waals surface area contributed by atoms with Gasteiger partial charge in [0.25, 0.3) is 0 Å². The van der Waals surface area contributed by atoms with Crippen molar-refractivity contribution in [2.75, 3.05) is 11.9 Å². The standard InChI is InChI=1S/C11H17BrO3/c1-3-5-7-15-11(14)9(6-4-2)10(13)8-12/h6H,3-5,7-8H2,1-2H3/b9-6-. The van der Waals surface area contributed by atoms with E-state index in [1.165, 1.54) is 0 Å². The van der Waals surface area contributed by atoms with Crippen molar-refractivity contribution in [2.24, 2.45) is 0 Å². The van der Waals surface area contributed by atoms with Crippen LogP contribution < -0.4 is 0 Å². The predicted octanol–water partition coefficient (Wildman–Crippen LogP) is 2.63. The molecule has 0 unspecified atom stereocenters. The van der Waals surface area contributed by atoms with Crippen molar-refractivity contribution in [3.8, 4) is 0 Å². The minimum absolute atomic E-state index is 0.154. The van der Waals surface area contributed by atoms with Gasteiger partial charge in [0.05, 0.1) is 17.5 Å². The number of carbonyl (C=O) groups excluding carboxylic acids is 2. The number of unbranched alkanes of at least 4 members (excludes halogenated alkanes) is 1. The van der Waals surface area contributed by atoms with E-state index < -0.39 is 5.97 Å². The Morgan fingerprint density at radius 1 is 1.33 bits per heavy atom. The fourth-order valence-corrected chi connectivity index (χ4v) is 1.28. The Kier molecular flexibility index (Phi) is 8.28. The first-order valence-electron chi connectivity index (χ1n) is 5.13. The monoisotopic (exact) mass is 276 g/mol. The van der Waals surface area contributed by atoms with Crippen LogP contribution in [0.5, 0.6) is 0 Å². The molecule has 0 aromatic rings. The number of halogens is 1. The molecule has 0 spiro atoms. The molecule has 3 nitrogen and oxygen atoms in total. The van der Waals surface area contributed by atoms with Crippen LogP contribution in [-0.4, -0.2) is 23.7 Å². The normalized spacial score (nSPS) is 11.3. The molecule has 0 radical (unpaired) electrons. The van der Waals surface area contributed by atoms with E-state index in [4.69, 9.17) is 4.74 Å². The molecule has 0 aromatic carbocycles. The molecule has 0 aliphatic heterocycles. The first-order chi connectivity index (χ1) is 7.17. The number of carbonyl (C=O) groups is 2.